The molecule has 62 valence electrons. The third-order valence-electron chi connectivity index (χ3n) is 1.53. The molecule has 0 unspecified atom stereocenters. The molecule has 1 nitrogen and oxygen atoms in total. The molecule has 0 saturated carbocycles. The van der Waals surface area contributed by atoms with Gasteiger partial charge < -0.3 is 0 Å². The van der Waals surface area contributed by atoms with E-state index in [1.807, 2.05) is 39.8 Å². The van der Waals surface area contributed by atoms with Gasteiger partial charge in [-0.25, -0.2) is 0 Å². The quantitative estimate of drug-likeness (QED) is 0.449. The fourth-order valence-electron chi connectivity index (χ4n) is 0.502. The van der Waals surface area contributed by atoms with Crippen LogP contribution in [-0.4, -0.2) is 5.78 Å². The lowest BCUT2D eigenvalue weighted by atomic mass is 10.1. The number of allylic oxidation sites excluding steroid dienone is 4. The van der Waals surface area contributed by atoms with Gasteiger partial charge in [-0.05, 0) is 19.9 Å². The van der Waals surface area contributed by atoms with Crippen LogP contribution in [0.25, 0.3) is 0 Å². The molecule has 0 aromatic carbocycles. The summed E-state index contributed by atoms with van der Waals surface area (Å²) in [5.74, 6) is 0.294. The van der Waals surface area contributed by atoms with Crippen LogP contribution >= 0.6 is 0 Å². The molecule has 0 saturated heterocycles. The Bertz CT molecular complexity index is 185. The van der Waals surface area contributed by atoms with Gasteiger partial charge in [-0.15, -0.1) is 0 Å². The monoisotopic (exact) mass is 152 g/mol. The summed E-state index contributed by atoms with van der Waals surface area (Å²) in [6, 6.07) is 0. The summed E-state index contributed by atoms with van der Waals surface area (Å²) in [5, 5.41) is 0. The standard InChI is InChI=1S/C10H16O/c1-5-9(4)6-7-10(11)8(2)3/h5-8H,1-4H3/b7-6+,9-5+. The maximum atomic E-state index is 11.0. The lowest BCUT2D eigenvalue weighted by molar-refractivity contribution is -0.117. The second kappa shape index (κ2) is 4.89. The number of rotatable bonds is 3. The van der Waals surface area contributed by atoms with Gasteiger partial charge >= 0.3 is 0 Å². The summed E-state index contributed by atoms with van der Waals surface area (Å²) in [7, 11) is 0. The molecule has 0 atom stereocenters. The zero-order valence-corrected chi connectivity index (χ0v) is 7.72. The predicted octanol–water partition coefficient (Wildman–Crippen LogP) is 2.73. The Morgan fingerprint density at radius 2 is 1.82 bits per heavy atom. The molecular formula is C10H16O. The van der Waals surface area contributed by atoms with Gasteiger partial charge in [0.25, 0.3) is 0 Å². The SMILES string of the molecule is C/C=C(C)/C=C/C(=O)C(C)C. The van der Waals surface area contributed by atoms with Crippen molar-refractivity contribution in [3.05, 3.63) is 23.8 Å². The Morgan fingerprint density at radius 3 is 2.18 bits per heavy atom. The molecule has 0 aromatic rings. The Balaban J connectivity index is 4.04. The fraction of sp³-hybridized carbons (Fsp3) is 0.500. The summed E-state index contributed by atoms with van der Waals surface area (Å²) in [6.45, 7) is 7.74. The van der Waals surface area contributed by atoms with Gasteiger partial charge in [-0.1, -0.05) is 31.6 Å². The lowest BCUT2D eigenvalue weighted by Crippen LogP contribution is -2.01. The molecule has 11 heavy (non-hydrogen) atoms. The highest BCUT2D eigenvalue weighted by Gasteiger charge is 2.00. The topological polar surface area (TPSA) is 17.1 Å². The van der Waals surface area contributed by atoms with Gasteiger partial charge in [-0.2, -0.15) is 0 Å². The smallest absolute Gasteiger partial charge is 0.158 e. The van der Waals surface area contributed by atoms with Crippen molar-refractivity contribution in [2.24, 2.45) is 5.92 Å². The second-order valence-corrected chi connectivity index (χ2v) is 2.92. The van der Waals surface area contributed by atoms with E-state index in [4.69, 9.17) is 0 Å². The van der Waals surface area contributed by atoms with Crippen LogP contribution in [0.5, 0.6) is 0 Å². The zero-order valence-electron chi connectivity index (χ0n) is 7.72. The number of carbonyl (C=O) groups excluding carboxylic acids is 1. The maximum absolute atomic E-state index is 11.0. The van der Waals surface area contributed by atoms with Crippen molar-refractivity contribution in [2.45, 2.75) is 27.7 Å². The molecule has 0 aliphatic carbocycles. The van der Waals surface area contributed by atoms with E-state index >= 15 is 0 Å². The third kappa shape index (κ3) is 4.54. The molecule has 0 amide bonds. The first-order chi connectivity index (χ1) is 5.07. The van der Waals surface area contributed by atoms with Gasteiger partial charge in [0.2, 0.25) is 0 Å². The van der Waals surface area contributed by atoms with E-state index in [0.717, 1.165) is 5.57 Å². The normalized spacial score (nSPS) is 13.0. The summed E-state index contributed by atoms with van der Waals surface area (Å²) >= 11 is 0. The van der Waals surface area contributed by atoms with E-state index in [1.54, 1.807) is 6.08 Å². The third-order valence-corrected chi connectivity index (χ3v) is 1.53. The van der Waals surface area contributed by atoms with Gasteiger partial charge in [0, 0.05) is 5.92 Å². The van der Waals surface area contributed by atoms with Crippen LogP contribution in [0.15, 0.2) is 23.8 Å². The van der Waals surface area contributed by atoms with Crippen LogP contribution in [0.1, 0.15) is 27.7 Å². The second-order valence-electron chi connectivity index (χ2n) is 2.92. The number of carbonyl (C=O) groups is 1. The average molecular weight is 152 g/mol. The molecule has 0 spiro atoms. The molecule has 0 rings (SSSR count). The number of ketones is 1. The molecule has 0 bridgehead atoms. The summed E-state index contributed by atoms with van der Waals surface area (Å²) in [4.78, 5) is 11.0. The van der Waals surface area contributed by atoms with Crippen molar-refractivity contribution in [1.29, 1.82) is 0 Å². The molecular weight excluding hydrogens is 136 g/mol. The molecule has 0 aromatic heterocycles. The summed E-state index contributed by atoms with van der Waals surface area (Å²) < 4.78 is 0. The first-order valence-corrected chi connectivity index (χ1v) is 3.92. The van der Waals surface area contributed by atoms with Crippen LogP contribution in [-0.2, 0) is 4.79 Å². The predicted molar refractivity (Wildman–Crippen MR) is 48.4 cm³/mol. The van der Waals surface area contributed by atoms with Crippen LogP contribution in [0.3, 0.4) is 0 Å². The molecule has 0 fully saturated rings. The molecule has 0 aliphatic heterocycles. The van der Waals surface area contributed by atoms with E-state index < -0.39 is 0 Å². The fourth-order valence-corrected chi connectivity index (χ4v) is 0.502. The van der Waals surface area contributed by atoms with Crippen molar-refractivity contribution >= 4 is 5.78 Å². The first-order valence-electron chi connectivity index (χ1n) is 3.92. The van der Waals surface area contributed by atoms with Gasteiger partial charge in [0.15, 0.2) is 5.78 Å². The van der Waals surface area contributed by atoms with E-state index in [2.05, 4.69) is 0 Å². The minimum Gasteiger partial charge on any atom is -0.295 e. The van der Waals surface area contributed by atoms with Gasteiger partial charge in [0.1, 0.15) is 0 Å². The zero-order chi connectivity index (χ0) is 8.85. The maximum Gasteiger partial charge on any atom is 0.158 e. The van der Waals surface area contributed by atoms with E-state index in [1.165, 1.54) is 0 Å². The first kappa shape index (κ1) is 10.2. The Morgan fingerprint density at radius 1 is 1.27 bits per heavy atom. The van der Waals surface area contributed by atoms with Gasteiger partial charge in [-0.3, -0.25) is 4.79 Å². The summed E-state index contributed by atoms with van der Waals surface area (Å²) in [5.41, 5.74) is 1.12. The Labute approximate surface area is 68.8 Å². The van der Waals surface area contributed by atoms with E-state index in [-0.39, 0.29) is 11.7 Å². The Kier molecular flexibility index (Phi) is 4.51. The Hall–Kier alpha value is -0.850. The molecule has 0 heterocycles. The van der Waals surface area contributed by atoms with Crippen LogP contribution in [0.2, 0.25) is 0 Å². The molecule has 0 N–H and O–H groups in total. The largest absolute Gasteiger partial charge is 0.295 e. The lowest BCUT2D eigenvalue weighted by Gasteiger charge is -1.95. The van der Waals surface area contributed by atoms with Crippen molar-refractivity contribution in [1.82, 2.24) is 0 Å². The molecule has 1 heteroatoms. The van der Waals surface area contributed by atoms with Crippen molar-refractivity contribution < 1.29 is 4.79 Å². The number of hydrogen-bond donors (Lipinski definition) is 0. The van der Waals surface area contributed by atoms with Crippen molar-refractivity contribution in [3.63, 3.8) is 0 Å². The average Bonchev–Trinajstić information content (AvgIpc) is 1.99. The number of hydrogen-bond acceptors (Lipinski definition) is 1. The van der Waals surface area contributed by atoms with Gasteiger partial charge in [0.05, 0.1) is 0 Å². The highest BCUT2D eigenvalue weighted by Crippen LogP contribution is 1.99. The summed E-state index contributed by atoms with van der Waals surface area (Å²) in [6.07, 6.45) is 5.46. The minimum atomic E-state index is 0.107. The highest BCUT2D eigenvalue weighted by atomic mass is 16.1. The highest BCUT2D eigenvalue weighted by molar-refractivity contribution is 5.91. The molecule has 0 aliphatic rings. The van der Waals surface area contributed by atoms with Crippen molar-refractivity contribution in [3.8, 4) is 0 Å². The van der Waals surface area contributed by atoms with Crippen LogP contribution in [0.4, 0.5) is 0 Å². The van der Waals surface area contributed by atoms with Crippen molar-refractivity contribution in [2.75, 3.05) is 0 Å². The van der Waals surface area contributed by atoms with E-state index in [0.29, 0.717) is 0 Å². The van der Waals surface area contributed by atoms with Crippen LogP contribution in [0, 0.1) is 5.92 Å². The van der Waals surface area contributed by atoms with Crippen LogP contribution < -0.4 is 0 Å². The van der Waals surface area contributed by atoms with E-state index in [9.17, 15) is 4.79 Å². The minimum absolute atomic E-state index is 0.107. The molecule has 0 radical (unpaired) electrons.